The molecule has 0 aromatic carbocycles. The number of aromatic nitrogens is 2. The highest BCUT2D eigenvalue weighted by Gasteiger charge is 2.23. The number of piperidine rings is 2. The zero-order chi connectivity index (χ0) is 18.9. The molecule has 0 bridgehead atoms. The van der Waals surface area contributed by atoms with E-state index in [9.17, 15) is 0 Å². The molecule has 6 nitrogen and oxygen atoms in total. The van der Waals surface area contributed by atoms with E-state index < -0.39 is 0 Å². The predicted molar refractivity (Wildman–Crippen MR) is 110 cm³/mol. The average Bonchev–Trinajstić information content (AvgIpc) is 2.74. The first-order chi connectivity index (χ1) is 13.3. The fraction of sp³-hybridized carbons (Fsp3) is 0.667. The number of likely N-dealkylation sites (tertiary alicyclic amines) is 1. The van der Waals surface area contributed by atoms with Gasteiger partial charge in [-0.05, 0) is 51.8 Å². The first kappa shape index (κ1) is 19.8. The summed E-state index contributed by atoms with van der Waals surface area (Å²) in [5.74, 6) is 1.65. The lowest BCUT2D eigenvalue weighted by Crippen LogP contribution is -2.37. The van der Waals surface area contributed by atoms with E-state index >= 15 is 0 Å². The zero-order valence-corrected chi connectivity index (χ0v) is 16.6. The van der Waals surface area contributed by atoms with Crippen LogP contribution in [-0.4, -0.2) is 59.9 Å². The third-order valence-corrected chi connectivity index (χ3v) is 5.69. The van der Waals surface area contributed by atoms with Gasteiger partial charge in [0.25, 0.3) is 0 Å². The van der Waals surface area contributed by atoms with Crippen LogP contribution >= 0.6 is 0 Å². The van der Waals surface area contributed by atoms with Crippen LogP contribution in [0, 0.1) is 11.8 Å². The Bertz CT molecular complexity index is 592. The van der Waals surface area contributed by atoms with E-state index in [1.54, 1.807) is 12.4 Å². The summed E-state index contributed by atoms with van der Waals surface area (Å²) in [5, 5.41) is 4.43. The first-order valence-corrected chi connectivity index (χ1v) is 10.3. The lowest BCUT2D eigenvalue weighted by molar-refractivity contribution is 0.0971. The number of hydrogen-bond acceptors (Lipinski definition) is 6. The molecule has 1 unspecified atom stereocenters. The Morgan fingerprint density at radius 2 is 1.93 bits per heavy atom. The molecule has 1 atom stereocenters. The Balaban J connectivity index is 1.40. The molecule has 148 valence electrons. The third kappa shape index (κ3) is 6.03. The van der Waals surface area contributed by atoms with E-state index in [1.807, 2.05) is 12.1 Å². The minimum Gasteiger partial charge on any atom is -0.395 e. The highest BCUT2D eigenvalue weighted by atomic mass is 16.6. The summed E-state index contributed by atoms with van der Waals surface area (Å²) in [6.07, 6.45) is 11.7. The maximum atomic E-state index is 5.71. The summed E-state index contributed by atoms with van der Waals surface area (Å²) < 4.78 is 0. The Kier molecular flexibility index (Phi) is 7.63. The minimum atomic E-state index is 0.344. The summed E-state index contributed by atoms with van der Waals surface area (Å²) in [4.78, 5) is 19.2. The Labute approximate surface area is 163 Å². The van der Waals surface area contributed by atoms with Crippen molar-refractivity contribution < 1.29 is 4.84 Å². The van der Waals surface area contributed by atoms with Crippen molar-refractivity contribution in [1.82, 2.24) is 14.9 Å². The van der Waals surface area contributed by atoms with Gasteiger partial charge in [-0.25, -0.2) is 9.97 Å². The second-order valence-electron chi connectivity index (χ2n) is 7.70. The van der Waals surface area contributed by atoms with Crippen molar-refractivity contribution >= 4 is 11.7 Å². The Hall–Kier alpha value is -1.95. The molecule has 0 amide bonds. The molecule has 0 aliphatic carbocycles. The maximum absolute atomic E-state index is 5.71. The van der Waals surface area contributed by atoms with Crippen LogP contribution in [0.25, 0.3) is 0 Å². The van der Waals surface area contributed by atoms with Gasteiger partial charge in [0.2, 0.25) is 5.95 Å². The molecule has 1 aromatic rings. The van der Waals surface area contributed by atoms with Crippen LogP contribution in [-0.2, 0) is 4.84 Å². The van der Waals surface area contributed by atoms with Crippen molar-refractivity contribution in [3.63, 3.8) is 0 Å². The summed E-state index contributed by atoms with van der Waals surface area (Å²) in [7, 11) is 0. The van der Waals surface area contributed by atoms with Crippen molar-refractivity contribution in [2.75, 3.05) is 44.2 Å². The molecular weight excluding hydrogens is 338 g/mol. The van der Waals surface area contributed by atoms with E-state index in [1.165, 1.54) is 32.4 Å². The quantitative estimate of drug-likeness (QED) is 0.398. The molecule has 3 heterocycles. The lowest BCUT2D eigenvalue weighted by Gasteiger charge is -2.31. The molecule has 0 N–H and O–H groups in total. The predicted octanol–water partition coefficient (Wildman–Crippen LogP) is 3.37. The monoisotopic (exact) mass is 371 g/mol. The molecule has 6 heteroatoms. The standard InChI is InChI=1S/C21H33N5O/c1-3-19(16-25-12-5-4-6-13-25)17-27-24-18(2)20-8-14-26(15-9-20)21-22-10-7-11-23-21/h3,7,10-11,19-20H,1,4-6,8-9,12-17H2,2H3/b24-18+. The van der Waals surface area contributed by atoms with Gasteiger partial charge in [0.1, 0.15) is 6.61 Å². The van der Waals surface area contributed by atoms with Crippen LogP contribution in [0.1, 0.15) is 39.0 Å². The second-order valence-corrected chi connectivity index (χ2v) is 7.70. The smallest absolute Gasteiger partial charge is 0.225 e. The van der Waals surface area contributed by atoms with E-state index in [-0.39, 0.29) is 0 Å². The number of hydrogen-bond donors (Lipinski definition) is 0. The van der Waals surface area contributed by atoms with E-state index in [4.69, 9.17) is 4.84 Å². The molecule has 0 saturated carbocycles. The summed E-state index contributed by atoms with van der Waals surface area (Å²) in [6.45, 7) is 12.1. The van der Waals surface area contributed by atoms with Crippen LogP contribution < -0.4 is 4.90 Å². The highest BCUT2D eigenvalue weighted by Crippen LogP contribution is 2.21. The fourth-order valence-electron chi connectivity index (χ4n) is 3.93. The highest BCUT2D eigenvalue weighted by molar-refractivity contribution is 5.84. The molecule has 0 spiro atoms. The van der Waals surface area contributed by atoms with Gasteiger partial charge in [-0.2, -0.15) is 0 Å². The van der Waals surface area contributed by atoms with Crippen molar-refractivity contribution in [1.29, 1.82) is 0 Å². The molecule has 2 aliphatic rings. The van der Waals surface area contributed by atoms with Gasteiger partial charge in [-0.3, -0.25) is 0 Å². The van der Waals surface area contributed by atoms with E-state index in [2.05, 4.69) is 38.4 Å². The van der Waals surface area contributed by atoms with Gasteiger partial charge in [0.15, 0.2) is 0 Å². The van der Waals surface area contributed by atoms with Crippen LogP contribution in [0.2, 0.25) is 0 Å². The molecule has 2 fully saturated rings. The van der Waals surface area contributed by atoms with Gasteiger partial charge >= 0.3 is 0 Å². The van der Waals surface area contributed by atoms with Gasteiger partial charge in [-0.15, -0.1) is 6.58 Å². The Morgan fingerprint density at radius 1 is 1.22 bits per heavy atom. The van der Waals surface area contributed by atoms with Gasteiger partial charge in [0.05, 0.1) is 5.71 Å². The SMILES string of the molecule is C=CC(CO/N=C(\C)C1CCN(c2ncccn2)CC1)CN1CCCCC1. The first-order valence-electron chi connectivity index (χ1n) is 10.3. The number of oxime groups is 1. The summed E-state index contributed by atoms with van der Waals surface area (Å²) in [5.41, 5.74) is 1.10. The molecule has 0 radical (unpaired) electrons. The average molecular weight is 372 g/mol. The summed E-state index contributed by atoms with van der Waals surface area (Å²) in [6, 6.07) is 1.85. The largest absolute Gasteiger partial charge is 0.395 e. The lowest BCUT2D eigenvalue weighted by atomic mass is 9.93. The number of anilines is 1. The molecule has 2 saturated heterocycles. The molecule has 1 aromatic heterocycles. The summed E-state index contributed by atoms with van der Waals surface area (Å²) >= 11 is 0. The molecule has 3 rings (SSSR count). The third-order valence-electron chi connectivity index (χ3n) is 5.69. The normalized spacial score (nSPS) is 21.1. The minimum absolute atomic E-state index is 0.344. The molecular formula is C21H33N5O. The van der Waals surface area contributed by atoms with Crippen LogP contribution in [0.3, 0.4) is 0 Å². The van der Waals surface area contributed by atoms with E-state index in [0.29, 0.717) is 18.4 Å². The second kappa shape index (κ2) is 10.4. The topological polar surface area (TPSA) is 53.9 Å². The zero-order valence-electron chi connectivity index (χ0n) is 16.6. The van der Waals surface area contributed by atoms with Crippen molar-refractivity contribution in [2.45, 2.75) is 39.0 Å². The van der Waals surface area contributed by atoms with Crippen molar-refractivity contribution in [2.24, 2.45) is 17.0 Å². The maximum Gasteiger partial charge on any atom is 0.225 e. The number of rotatable bonds is 8. The van der Waals surface area contributed by atoms with Crippen molar-refractivity contribution in [3.8, 4) is 0 Å². The van der Waals surface area contributed by atoms with Crippen molar-refractivity contribution in [3.05, 3.63) is 31.1 Å². The van der Waals surface area contributed by atoms with Gasteiger partial charge < -0.3 is 14.6 Å². The van der Waals surface area contributed by atoms with Crippen LogP contribution in [0.5, 0.6) is 0 Å². The van der Waals surface area contributed by atoms with Gasteiger partial charge in [0, 0.05) is 43.9 Å². The van der Waals surface area contributed by atoms with Gasteiger partial charge in [-0.1, -0.05) is 17.7 Å². The molecule has 2 aliphatic heterocycles. The fourth-order valence-corrected chi connectivity index (χ4v) is 3.93. The van der Waals surface area contributed by atoms with Crippen LogP contribution in [0.15, 0.2) is 36.3 Å². The Morgan fingerprint density at radius 3 is 2.59 bits per heavy atom. The van der Waals surface area contributed by atoms with E-state index in [0.717, 1.165) is 44.1 Å². The molecule has 27 heavy (non-hydrogen) atoms. The number of nitrogens with zero attached hydrogens (tertiary/aromatic N) is 5. The van der Waals surface area contributed by atoms with Crippen LogP contribution in [0.4, 0.5) is 5.95 Å².